The van der Waals surface area contributed by atoms with Gasteiger partial charge in [0.15, 0.2) is 0 Å². The van der Waals surface area contributed by atoms with Gasteiger partial charge in [0.25, 0.3) is 0 Å². The number of amides is 1. The monoisotopic (exact) mass is 314 g/mol. The van der Waals surface area contributed by atoms with Crippen LogP contribution in [-0.4, -0.2) is 12.1 Å². The van der Waals surface area contributed by atoms with Crippen LogP contribution in [0, 0.1) is 0 Å². The third-order valence-corrected chi connectivity index (χ3v) is 3.55. The maximum atomic E-state index is 11.5. The van der Waals surface area contributed by atoms with Crippen molar-refractivity contribution in [1.82, 2.24) is 5.43 Å². The number of unbranched alkanes of at least 4 members (excludes halogenated alkanes) is 4. The lowest BCUT2D eigenvalue weighted by molar-refractivity contribution is -0.121. The van der Waals surface area contributed by atoms with Crippen LogP contribution in [0.15, 0.2) is 23.3 Å². The number of hydrogen-bond donors (Lipinski definition) is 1. The zero-order valence-corrected chi connectivity index (χ0v) is 13.2. The van der Waals surface area contributed by atoms with Crippen LogP contribution in [0.1, 0.15) is 51.0 Å². The highest BCUT2D eigenvalue weighted by molar-refractivity contribution is 6.38. The van der Waals surface area contributed by atoms with Crippen LogP contribution in [0.25, 0.3) is 0 Å². The summed E-state index contributed by atoms with van der Waals surface area (Å²) in [4.78, 5) is 11.5. The summed E-state index contributed by atoms with van der Waals surface area (Å²) >= 11 is 12.0. The molecule has 0 fully saturated rings. The lowest BCUT2D eigenvalue weighted by Crippen LogP contribution is -2.16. The molecular formula is C15H20Cl2N2O. The normalized spacial score (nSPS) is 10.9. The van der Waals surface area contributed by atoms with Crippen LogP contribution < -0.4 is 5.43 Å². The predicted octanol–water partition coefficient (Wildman–Crippen LogP) is 4.80. The minimum absolute atomic E-state index is 0.0825. The van der Waals surface area contributed by atoms with Gasteiger partial charge in [0.1, 0.15) is 0 Å². The Kier molecular flexibility index (Phi) is 8.31. The van der Waals surface area contributed by atoms with E-state index in [1.54, 1.807) is 18.2 Å². The Morgan fingerprint density at radius 3 is 2.50 bits per heavy atom. The molecule has 0 saturated carbocycles. The first-order valence-electron chi connectivity index (χ1n) is 6.91. The van der Waals surface area contributed by atoms with E-state index in [0.717, 1.165) is 12.8 Å². The number of carbonyl (C=O) groups excluding carboxylic acids is 1. The molecule has 1 aromatic carbocycles. The van der Waals surface area contributed by atoms with Crippen LogP contribution in [-0.2, 0) is 4.79 Å². The van der Waals surface area contributed by atoms with Crippen molar-refractivity contribution in [2.24, 2.45) is 5.10 Å². The maximum absolute atomic E-state index is 11.5. The highest BCUT2D eigenvalue weighted by atomic mass is 35.5. The van der Waals surface area contributed by atoms with Gasteiger partial charge in [-0.2, -0.15) is 5.10 Å². The summed E-state index contributed by atoms with van der Waals surface area (Å²) in [5, 5.41) is 4.90. The van der Waals surface area contributed by atoms with Crippen molar-refractivity contribution in [3.63, 3.8) is 0 Å². The molecule has 0 unspecified atom stereocenters. The molecule has 3 nitrogen and oxygen atoms in total. The second kappa shape index (κ2) is 9.78. The highest BCUT2D eigenvalue weighted by Crippen LogP contribution is 2.21. The third-order valence-electron chi connectivity index (χ3n) is 2.89. The molecule has 0 aliphatic rings. The Morgan fingerprint density at radius 1 is 1.20 bits per heavy atom. The maximum Gasteiger partial charge on any atom is 0.240 e. The van der Waals surface area contributed by atoms with Crippen LogP contribution in [0.5, 0.6) is 0 Å². The second-order valence-electron chi connectivity index (χ2n) is 4.59. The van der Waals surface area contributed by atoms with Gasteiger partial charge in [-0.3, -0.25) is 4.79 Å². The number of nitrogens with zero attached hydrogens (tertiary/aromatic N) is 1. The van der Waals surface area contributed by atoms with E-state index < -0.39 is 0 Å². The van der Waals surface area contributed by atoms with Gasteiger partial charge in [0.2, 0.25) is 5.91 Å². The van der Waals surface area contributed by atoms with Crippen LogP contribution >= 0.6 is 23.2 Å². The summed E-state index contributed by atoms with van der Waals surface area (Å²) in [6.45, 7) is 2.17. The summed E-state index contributed by atoms with van der Waals surface area (Å²) in [5.41, 5.74) is 3.10. The molecule has 0 aliphatic heterocycles. The Bertz CT molecular complexity index is 441. The molecule has 0 heterocycles. The molecule has 0 aromatic heterocycles. The molecule has 1 N–H and O–H groups in total. The molecule has 20 heavy (non-hydrogen) atoms. The summed E-state index contributed by atoms with van der Waals surface area (Å²) in [6, 6.07) is 5.21. The molecule has 5 heteroatoms. The number of hydrogen-bond acceptors (Lipinski definition) is 2. The van der Waals surface area contributed by atoms with Gasteiger partial charge in [-0.1, -0.05) is 61.9 Å². The summed E-state index contributed by atoms with van der Waals surface area (Å²) in [5.74, 6) is -0.0825. The lowest BCUT2D eigenvalue weighted by Gasteiger charge is -2.02. The van der Waals surface area contributed by atoms with Gasteiger partial charge in [-0.15, -0.1) is 0 Å². The molecular weight excluding hydrogens is 295 g/mol. The van der Waals surface area contributed by atoms with Gasteiger partial charge in [0, 0.05) is 12.0 Å². The van der Waals surface area contributed by atoms with Gasteiger partial charge in [0.05, 0.1) is 16.3 Å². The zero-order valence-electron chi connectivity index (χ0n) is 11.7. The van der Waals surface area contributed by atoms with E-state index in [1.165, 1.54) is 25.5 Å². The first-order valence-corrected chi connectivity index (χ1v) is 7.66. The Hall–Kier alpha value is -1.06. The molecule has 0 bridgehead atoms. The third kappa shape index (κ3) is 6.40. The number of rotatable bonds is 8. The van der Waals surface area contributed by atoms with Gasteiger partial charge in [-0.25, -0.2) is 5.43 Å². The molecule has 1 aromatic rings. The van der Waals surface area contributed by atoms with E-state index >= 15 is 0 Å². The van der Waals surface area contributed by atoms with E-state index in [4.69, 9.17) is 23.2 Å². The summed E-state index contributed by atoms with van der Waals surface area (Å²) in [6.07, 6.45) is 7.56. The van der Waals surface area contributed by atoms with Crippen molar-refractivity contribution in [2.45, 2.75) is 45.4 Å². The minimum Gasteiger partial charge on any atom is -0.273 e. The molecule has 0 aliphatic carbocycles. The van der Waals surface area contributed by atoms with Crippen molar-refractivity contribution >= 4 is 35.3 Å². The Balaban J connectivity index is 2.32. The molecule has 110 valence electrons. The number of nitrogens with one attached hydrogen (secondary N) is 1. The van der Waals surface area contributed by atoms with Crippen molar-refractivity contribution < 1.29 is 4.79 Å². The van der Waals surface area contributed by atoms with E-state index in [-0.39, 0.29) is 5.91 Å². The fraction of sp³-hybridized carbons (Fsp3) is 0.467. The average molecular weight is 315 g/mol. The van der Waals surface area contributed by atoms with E-state index in [1.807, 2.05) is 0 Å². The number of benzene rings is 1. The van der Waals surface area contributed by atoms with Crippen LogP contribution in [0.4, 0.5) is 0 Å². The summed E-state index contributed by atoms with van der Waals surface area (Å²) < 4.78 is 0. The second-order valence-corrected chi connectivity index (χ2v) is 5.41. The molecule has 0 spiro atoms. The molecule has 0 atom stereocenters. The van der Waals surface area contributed by atoms with Crippen molar-refractivity contribution in [3.05, 3.63) is 33.8 Å². The standard InChI is InChI=1S/C15H20Cl2N2O/c1-2-3-4-5-6-10-15(20)19-18-11-12-13(16)8-7-9-14(12)17/h7-9,11H,2-6,10H2,1H3,(H,19,20)/b18-11+. The largest absolute Gasteiger partial charge is 0.273 e. The molecule has 0 saturated heterocycles. The lowest BCUT2D eigenvalue weighted by atomic mass is 10.1. The van der Waals surface area contributed by atoms with Crippen molar-refractivity contribution in [3.8, 4) is 0 Å². The molecule has 1 rings (SSSR count). The molecule has 0 radical (unpaired) electrons. The number of halogens is 2. The zero-order chi connectivity index (χ0) is 14.8. The fourth-order valence-electron chi connectivity index (χ4n) is 1.75. The quantitative estimate of drug-likeness (QED) is 0.418. The highest BCUT2D eigenvalue weighted by Gasteiger charge is 2.03. The molecule has 1 amide bonds. The number of hydrazone groups is 1. The predicted molar refractivity (Wildman–Crippen MR) is 85.6 cm³/mol. The van der Waals surface area contributed by atoms with Gasteiger partial charge >= 0.3 is 0 Å². The van der Waals surface area contributed by atoms with Gasteiger partial charge < -0.3 is 0 Å². The average Bonchev–Trinajstić information content (AvgIpc) is 2.42. The van der Waals surface area contributed by atoms with Crippen molar-refractivity contribution in [1.29, 1.82) is 0 Å². The van der Waals surface area contributed by atoms with E-state index in [9.17, 15) is 4.79 Å². The van der Waals surface area contributed by atoms with Crippen LogP contribution in [0.3, 0.4) is 0 Å². The van der Waals surface area contributed by atoms with Gasteiger partial charge in [-0.05, 0) is 18.6 Å². The Labute approximate surface area is 130 Å². The van der Waals surface area contributed by atoms with Crippen LogP contribution in [0.2, 0.25) is 10.0 Å². The van der Waals surface area contributed by atoms with E-state index in [2.05, 4.69) is 17.5 Å². The smallest absolute Gasteiger partial charge is 0.240 e. The van der Waals surface area contributed by atoms with Crippen molar-refractivity contribution in [2.75, 3.05) is 0 Å². The topological polar surface area (TPSA) is 41.5 Å². The number of carbonyl (C=O) groups is 1. The fourth-order valence-corrected chi connectivity index (χ4v) is 2.24. The Morgan fingerprint density at radius 2 is 1.85 bits per heavy atom. The van der Waals surface area contributed by atoms with E-state index in [0.29, 0.717) is 22.0 Å². The first kappa shape index (κ1) is 17.0. The minimum atomic E-state index is -0.0825. The summed E-state index contributed by atoms with van der Waals surface area (Å²) in [7, 11) is 0. The SMILES string of the molecule is CCCCCCCC(=O)N/N=C/c1c(Cl)cccc1Cl. The first-order chi connectivity index (χ1) is 9.65.